The van der Waals surface area contributed by atoms with Gasteiger partial charge in [-0.2, -0.15) is 0 Å². The SMILES string of the molecule is Cc1nc2n(c(=O)c1Cc1ccccc1)CN(CC1CCCO1)CN2c1ccc(F)cc1. The lowest BCUT2D eigenvalue weighted by Gasteiger charge is -2.39. The van der Waals surface area contributed by atoms with Crippen LogP contribution in [-0.4, -0.2) is 40.4 Å². The molecule has 3 aromatic rings. The topological polar surface area (TPSA) is 50.6 Å². The van der Waals surface area contributed by atoms with Gasteiger partial charge in [-0.05, 0) is 49.6 Å². The van der Waals surface area contributed by atoms with Crippen molar-refractivity contribution in [3.8, 4) is 0 Å². The van der Waals surface area contributed by atoms with Crippen molar-refractivity contribution in [1.29, 1.82) is 0 Å². The molecule has 0 saturated carbocycles. The van der Waals surface area contributed by atoms with Crippen molar-refractivity contribution in [1.82, 2.24) is 14.5 Å². The summed E-state index contributed by atoms with van der Waals surface area (Å²) in [4.78, 5) is 22.7. The number of rotatable bonds is 5. The molecular formula is C25H27FN4O2. The minimum atomic E-state index is -0.290. The van der Waals surface area contributed by atoms with E-state index < -0.39 is 0 Å². The number of ether oxygens (including phenoxy) is 1. The van der Waals surface area contributed by atoms with Gasteiger partial charge >= 0.3 is 0 Å². The van der Waals surface area contributed by atoms with Gasteiger partial charge in [-0.1, -0.05) is 30.3 Å². The molecule has 1 aromatic heterocycles. The number of hydrogen-bond donors (Lipinski definition) is 0. The molecule has 5 rings (SSSR count). The van der Waals surface area contributed by atoms with Crippen LogP contribution in [0.1, 0.15) is 29.7 Å². The Labute approximate surface area is 186 Å². The molecule has 1 unspecified atom stereocenters. The van der Waals surface area contributed by atoms with Crippen LogP contribution < -0.4 is 10.5 Å². The first kappa shape index (κ1) is 20.8. The fourth-order valence-corrected chi connectivity index (χ4v) is 4.54. The number of halogens is 1. The van der Waals surface area contributed by atoms with E-state index in [0.29, 0.717) is 31.3 Å². The van der Waals surface area contributed by atoms with Crippen molar-refractivity contribution < 1.29 is 9.13 Å². The van der Waals surface area contributed by atoms with E-state index in [1.165, 1.54) is 12.1 Å². The van der Waals surface area contributed by atoms with Crippen LogP contribution in [0.5, 0.6) is 0 Å². The van der Waals surface area contributed by atoms with Crippen LogP contribution in [0, 0.1) is 12.7 Å². The highest BCUT2D eigenvalue weighted by atomic mass is 19.1. The van der Waals surface area contributed by atoms with Crippen LogP contribution in [0.25, 0.3) is 0 Å². The lowest BCUT2D eigenvalue weighted by atomic mass is 10.1. The Morgan fingerprint density at radius 2 is 1.88 bits per heavy atom. The maximum absolute atomic E-state index is 13.6. The molecule has 0 radical (unpaired) electrons. The third-order valence-corrected chi connectivity index (χ3v) is 6.22. The van der Waals surface area contributed by atoms with Crippen LogP contribution in [0.3, 0.4) is 0 Å². The molecule has 0 N–H and O–H groups in total. The zero-order valence-corrected chi connectivity index (χ0v) is 18.2. The molecule has 2 aliphatic heterocycles. The number of nitrogens with zero attached hydrogens (tertiary/aromatic N) is 4. The van der Waals surface area contributed by atoms with E-state index in [1.807, 2.05) is 42.2 Å². The Bertz CT molecular complexity index is 1140. The summed E-state index contributed by atoms with van der Waals surface area (Å²) in [5.74, 6) is 0.307. The molecular weight excluding hydrogens is 407 g/mol. The number of benzene rings is 2. The van der Waals surface area contributed by atoms with E-state index in [0.717, 1.165) is 42.9 Å². The largest absolute Gasteiger partial charge is 0.377 e. The molecule has 32 heavy (non-hydrogen) atoms. The maximum Gasteiger partial charge on any atom is 0.259 e. The van der Waals surface area contributed by atoms with Crippen LogP contribution in [0.4, 0.5) is 16.0 Å². The number of anilines is 2. The number of hydrogen-bond acceptors (Lipinski definition) is 5. The molecule has 0 aliphatic carbocycles. The Kier molecular flexibility index (Phi) is 5.76. The van der Waals surface area contributed by atoms with Crippen molar-refractivity contribution in [2.45, 2.75) is 39.0 Å². The van der Waals surface area contributed by atoms with E-state index >= 15 is 0 Å². The predicted molar refractivity (Wildman–Crippen MR) is 122 cm³/mol. The first-order valence-electron chi connectivity index (χ1n) is 11.1. The highest BCUT2D eigenvalue weighted by molar-refractivity contribution is 5.58. The first-order chi connectivity index (χ1) is 15.6. The van der Waals surface area contributed by atoms with E-state index in [4.69, 9.17) is 9.72 Å². The summed E-state index contributed by atoms with van der Waals surface area (Å²) in [6, 6.07) is 16.3. The van der Waals surface area contributed by atoms with Gasteiger partial charge in [0.05, 0.1) is 25.1 Å². The average molecular weight is 435 g/mol. The van der Waals surface area contributed by atoms with E-state index in [1.54, 1.807) is 16.7 Å². The van der Waals surface area contributed by atoms with Crippen molar-refractivity contribution in [2.24, 2.45) is 0 Å². The van der Waals surface area contributed by atoms with Gasteiger partial charge in [0.1, 0.15) is 5.82 Å². The summed E-state index contributed by atoms with van der Waals surface area (Å²) >= 11 is 0. The van der Waals surface area contributed by atoms with Crippen molar-refractivity contribution >= 4 is 11.6 Å². The molecule has 2 aliphatic rings. The molecule has 1 fully saturated rings. The van der Waals surface area contributed by atoms with E-state index in [2.05, 4.69) is 4.90 Å². The van der Waals surface area contributed by atoms with E-state index in [-0.39, 0.29) is 17.5 Å². The Morgan fingerprint density at radius 1 is 1.09 bits per heavy atom. The van der Waals surface area contributed by atoms with Gasteiger partial charge < -0.3 is 4.74 Å². The number of aromatic nitrogens is 2. The fraction of sp³-hybridized carbons (Fsp3) is 0.360. The highest BCUT2D eigenvalue weighted by Gasteiger charge is 2.30. The third kappa shape index (κ3) is 4.18. The van der Waals surface area contributed by atoms with Crippen LogP contribution in [0.2, 0.25) is 0 Å². The fourth-order valence-electron chi connectivity index (χ4n) is 4.54. The second kappa shape index (κ2) is 8.84. The van der Waals surface area contributed by atoms with Crippen molar-refractivity contribution in [2.75, 3.05) is 24.7 Å². The molecule has 0 amide bonds. The van der Waals surface area contributed by atoms with Crippen LogP contribution in [0.15, 0.2) is 59.4 Å². The van der Waals surface area contributed by atoms with Gasteiger partial charge in [0.2, 0.25) is 5.95 Å². The summed E-state index contributed by atoms with van der Waals surface area (Å²) < 4.78 is 21.2. The monoisotopic (exact) mass is 434 g/mol. The molecule has 3 heterocycles. The summed E-state index contributed by atoms with van der Waals surface area (Å²) in [6.07, 6.45) is 2.81. The summed E-state index contributed by atoms with van der Waals surface area (Å²) in [7, 11) is 0. The standard InChI is InChI=1S/C25H27FN4O2/c1-18-23(14-19-6-3-2-4-7-19)24(31)30-17-28(15-22-8-5-13-32-22)16-29(25(30)27-18)21-11-9-20(26)10-12-21/h2-4,6-7,9-12,22H,5,8,13-17H2,1H3. The van der Waals surface area contributed by atoms with Gasteiger partial charge in [0.25, 0.3) is 5.56 Å². The number of fused-ring (bicyclic) bond motifs is 1. The molecule has 1 saturated heterocycles. The van der Waals surface area contributed by atoms with Gasteiger partial charge in [0.15, 0.2) is 0 Å². The lowest BCUT2D eigenvalue weighted by molar-refractivity contribution is 0.0584. The predicted octanol–water partition coefficient (Wildman–Crippen LogP) is 3.83. The molecule has 166 valence electrons. The lowest BCUT2D eigenvalue weighted by Crippen LogP contribution is -2.50. The zero-order valence-electron chi connectivity index (χ0n) is 18.2. The summed E-state index contributed by atoms with van der Waals surface area (Å²) in [6.45, 7) is 4.45. The normalized spacial score (nSPS) is 18.7. The molecule has 6 nitrogen and oxygen atoms in total. The number of aryl methyl sites for hydroxylation is 1. The van der Waals surface area contributed by atoms with Gasteiger partial charge in [-0.25, -0.2) is 9.37 Å². The zero-order chi connectivity index (χ0) is 22.1. The van der Waals surface area contributed by atoms with Crippen LogP contribution >= 0.6 is 0 Å². The van der Waals surface area contributed by atoms with Gasteiger partial charge in [-0.15, -0.1) is 0 Å². The molecule has 7 heteroatoms. The van der Waals surface area contributed by atoms with Crippen molar-refractivity contribution in [3.05, 3.63) is 87.6 Å². The maximum atomic E-state index is 13.6. The molecule has 1 atom stereocenters. The molecule has 0 spiro atoms. The second-order valence-electron chi connectivity index (χ2n) is 8.55. The average Bonchev–Trinajstić information content (AvgIpc) is 3.31. The third-order valence-electron chi connectivity index (χ3n) is 6.22. The van der Waals surface area contributed by atoms with Crippen molar-refractivity contribution in [3.63, 3.8) is 0 Å². The Balaban J connectivity index is 1.55. The highest BCUT2D eigenvalue weighted by Crippen LogP contribution is 2.29. The smallest absolute Gasteiger partial charge is 0.259 e. The summed E-state index contributed by atoms with van der Waals surface area (Å²) in [5.41, 5.74) is 3.29. The quantitative estimate of drug-likeness (QED) is 0.611. The minimum Gasteiger partial charge on any atom is -0.377 e. The first-order valence-corrected chi connectivity index (χ1v) is 11.1. The van der Waals surface area contributed by atoms with E-state index in [9.17, 15) is 9.18 Å². The Morgan fingerprint density at radius 3 is 2.59 bits per heavy atom. The second-order valence-corrected chi connectivity index (χ2v) is 8.55. The molecule has 2 aromatic carbocycles. The molecule has 0 bridgehead atoms. The van der Waals surface area contributed by atoms with Gasteiger partial charge in [-0.3, -0.25) is 19.2 Å². The van der Waals surface area contributed by atoms with Crippen LogP contribution in [-0.2, 0) is 17.8 Å². The minimum absolute atomic E-state index is 0.0273. The summed E-state index contributed by atoms with van der Waals surface area (Å²) in [5, 5.41) is 0. The van der Waals surface area contributed by atoms with Gasteiger partial charge in [0, 0.05) is 30.8 Å². The Hall–Kier alpha value is -3.03.